The highest BCUT2D eigenvalue weighted by molar-refractivity contribution is 6.30. The van der Waals surface area contributed by atoms with Gasteiger partial charge in [-0.25, -0.2) is 9.59 Å². The predicted octanol–water partition coefficient (Wildman–Crippen LogP) is 2.18. The van der Waals surface area contributed by atoms with Crippen molar-refractivity contribution < 1.29 is 24.5 Å². The molecular formula is C13H10ClNO5. The predicted molar refractivity (Wildman–Crippen MR) is 70.4 cm³/mol. The summed E-state index contributed by atoms with van der Waals surface area (Å²) in [6.45, 7) is 1.33. The number of hydrogen-bond acceptors (Lipinski definition) is 4. The Morgan fingerprint density at radius 2 is 2.10 bits per heavy atom. The number of carbonyl (C=O) groups is 2. The Morgan fingerprint density at radius 3 is 2.60 bits per heavy atom. The minimum atomic E-state index is -1.40. The van der Waals surface area contributed by atoms with Gasteiger partial charge >= 0.3 is 11.9 Å². The number of rotatable bonds is 5. The van der Waals surface area contributed by atoms with Crippen molar-refractivity contribution in [1.82, 2.24) is 0 Å². The van der Waals surface area contributed by atoms with Crippen LogP contribution in [0.4, 0.5) is 0 Å². The first-order valence-corrected chi connectivity index (χ1v) is 5.77. The lowest BCUT2D eigenvalue weighted by Gasteiger charge is -2.13. The Balaban J connectivity index is 3.24. The van der Waals surface area contributed by atoms with Crippen molar-refractivity contribution in [2.75, 3.05) is 0 Å². The number of ether oxygens (including phenoxy) is 1. The molecule has 1 aromatic carbocycles. The zero-order valence-electron chi connectivity index (χ0n) is 10.3. The summed E-state index contributed by atoms with van der Waals surface area (Å²) >= 11 is 5.79. The number of aliphatic carboxylic acids is 2. The molecular weight excluding hydrogens is 286 g/mol. The van der Waals surface area contributed by atoms with Gasteiger partial charge in [0.05, 0.1) is 0 Å². The number of benzene rings is 1. The van der Waals surface area contributed by atoms with Gasteiger partial charge in [0.15, 0.2) is 6.10 Å². The van der Waals surface area contributed by atoms with Crippen molar-refractivity contribution in [2.24, 2.45) is 0 Å². The molecule has 1 rings (SSSR count). The van der Waals surface area contributed by atoms with Crippen LogP contribution in [0.2, 0.25) is 5.02 Å². The molecule has 2 N–H and O–H groups in total. The average molecular weight is 296 g/mol. The van der Waals surface area contributed by atoms with Crippen molar-refractivity contribution in [3.63, 3.8) is 0 Å². The zero-order chi connectivity index (χ0) is 15.3. The molecule has 0 saturated carbocycles. The van der Waals surface area contributed by atoms with Crippen molar-refractivity contribution in [3.05, 3.63) is 34.4 Å². The molecule has 0 aliphatic carbocycles. The van der Waals surface area contributed by atoms with Crippen LogP contribution < -0.4 is 4.74 Å². The second kappa shape index (κ2) is 6.59. The maximum atomic E-state index is 10.8. The molecule has 0 aromatic heterocycles. The molecule has 0 bridgehead atoms. The maximum absolute atomic E-state index is 10.8. The Bertz CT molecular complexity index is 618. The van der Waals surface area contributed by atoms with Crippen LogP contribution in [-0.4, -0.2) is 28.3 Å². The topological polar surface area (TPSA) is 108 Å². The molecule has 0 spiro atoms. The summed E-state index contributed by atoms with van der Waals surface area (Å²) in [5, 5.41) is 26.6. The van der Waals surface area contributed by atoms with Crippen molar-refractivity contribution in [3.8, 4) is 11.8 Å². The molecule has 1 atom stereocenters. The molecule has 6 nitrogen and oxygen atoms in total. The first-order valence-electron chi connectivity index (χ1n) is 5.39. The fourth-order valence-electron chi connectivity index (χ4n) is 1.28. The summed E-state index contributed by atoms with van der Waals surface area (Å²) in [6.07, 6.45) is -0.0586. The minimum Gasteiger partial charge on any atom is -0.479 e. The summed E-state index contributed by atoms with van der Waals surface area (Å²) in [7, 11) is 0. The van der Waals surface area contributed by atoms with Crippen molar-refractivity contribution in [1.29, 1.82) is 5.26 Å². The molecule has 0 aliphatic heterocycles. The van der Waals surface area contributed by atoms with E-state index in [1.165, 1.54) is 31.2 Å². The summed E-state index contributed by atoms with van der Waals surface area (Å²) in [5.41, 5.74) is -0.301. The maximum Gasteiger partial charge on any atom is 0.346 e. The normalized spacial score (nSPS) is 12.3. The summed E-state index contributed by atoms with van der Waals surface area (Å²) in [5.74, 6) is -2.45. The van der Waals surface area contributed by atoms with Crippen LogP contribution in [0.5, 0.6) is 5.75 Å². The molecule has 0 heterocycles. The Morgan fingerprint density at radius 1 is 1.45 bits per heavy atom. The van der Waals surface area contributed by atoms with Crippen LogP contribution in [0.15, 0.2) is 23.8 Å². The van der Waals surface area contributed by atoms with Gasteiger partial charge in [0.2, 0.25) is 0 Å². The number of hydrogen-bond donors (Lipinski definition) is 2. The van der Waals surface area contributed by atoms with Crippen molar-refractivity contribution >= 4 is 29.6 Å². The molecule has 7 heteroatoms. The molecule has 20 heavy (non-hydrogen) atoms. The SMILES string of the molecule is C[C@H](Oc1ccc(Cl)cc1/C=C(\C#N)C(=O)O)C(=O)O. The minimum absolute atomic E-state index is 0.123. The van der Waals surface area contributed by atoms with Gasteiger partial charge in [-0.15, -0.1) is 0 Å². The third-order valence-electron chi connectivity index (χ3n) is 2.27. The first kappa shape index (κ1) is 15.5. The first-order chi connectivity index (χ1) is 9.35. The van der Waals surface area contributed by atoms with Crippen LogP contribution in [0, 0.1) is 11.3 Å². The number of carboxylic acids is 2. The smallest absolute Gasteiger partial charge is 0.346 e. The molecule has 0 saturated heterocycles. The third-order valence-corrected chi connectivity index (χ3v) is 2.51. The van der Waals surface area contributed by atoms with Crippen LogP contribution >= 0.6 is 11.6 Å². The Hall–Kier alpha value is -2.52. The highest BCUT2D eigenvalue weighted by Crippen LogP contribution is 2.26. The Kier molecular flexibility index (Phi) is 5.12. The van der Waals surface area contributed by atoms with E-state index in [0.717, 1.165) is 6.08 Å². The second-order valence-electron chi connectivity index (χ2n) is 3.76. The fraction of sp³-hybridized carbons (Fsp3) is 0.154. The van der Waals surface area contributed by atoms with Gasteiger partial charge in [-0.1, -0.05) is 11.6 Å². The van der Waals surface area contributed by atoms with E-state index >= 15 is 0 Å². The van der Waals surface area contributed by atoms with Crippen LogP contribution in [-0.2, 0) is 9.59 Å². The van der Waals surface area contributed by atoms with Gasteiger partial charge in [0.1, 0.15) is 17.4 Å². The monoisotopic (exact) mass is 295 g/mol. The van der Waals surface area contributed by atoms with Gasteiger partial charge in [-0.05, 0) is 31.2 Å². The lowest BCUT2D eigenvalue weighted by atomic mass is 10.1. The van der Waals surface area contributed by atoms with Gasteiger partial charge in [0.25, 0.3) is 0 Å². The van der Waals surface area contributed by atoms with E-state index in [4.69, 9.17) is 31.8 Å². The standard InChI is InChI=1S/C13H10ClNO5/c1-7(12(16)17)20-11-3-2-10(14)5-8(11)4-9(6-15)13(18)19/h2-5,7H,1H3,(H,16,17)(H,18,19)/b9-4+/t7-/m0/s1. The zero-order valence-corrected chi connectivity index (χ0v) is 11.1. The summed E-state index contributed by atoms with van der Waals surface area (Å²) < 4.78 is 5.18. The van der Waals surface area contributed by atoms with E-state index in [1.807, 2.05) is 0 Å². The van der Waals surface area contributed by atoms with E-state index in [9.17, 15) is 9.59 Å². The molecule has 0 fully saturated rings. The molecule has 0 aliphatic rings. The lowest BCUT2D eigenvalue weighted by molar-refractivity contribution is -0.144. The highest BCUT2D eigenvalue weighted by Gasteiger charge is 2.15. The van der Waals surface area contributed by atoms with Crippen LogP contribution in [0.25, 0.3) is 6.08 Å². The van der Waals surface area contributed by atoms with Crippen molar-refractivity contribution in [2.45, 2.75) is 13.0 Å². The Labute approximate surface area is 119 Å². The third kappa shape index (κ3) is 4.00. The molecule has 0 radical (unpaired) electrons. The van der Waals surface area contributed by atoms with Gasteiger partial charge < -0.3 is 14.9 Å². The quantitative estimate of drug-likeness (QED) is 0.637. The van der Waals surface area contributed by atoms with Gasteiger partial charge in [-0.2, -0.15) is 5.26 Å². The van der Waals surface area contributed by atoms with Gasteiger partial charge in [-0.3, -0.25) is 0 Å². The van der Waals surface area contributed by atoms with E-state index in [0.29, 0.717) is 5.02 Å². The number of carboxylic acid groups (broad SMARTS) is 2. The second-order valence-corrected chi connectivity index (χ2v) is 4.19. The number of halogens is 1. The van der Waals surface area contributed by atoms with E-state index in [-0.39, 0.29) is 11.3 Å². The van der Waals surface area contributed by atoms with E-state index in [1.54, 1.807) is 0 Å². The van der Waals surface area contributed by atoms with Crippen LogP contribution in [0.1, 0.15) is 12.5 Å². The summed E-state index contributed by atoms with van der Waals surface area (Å²) in [4.78, 5) is 21.6. The van der Waals surface area contributed by atoms with E-state index < -0.39 is 23.6 Å². The van der Waals surface area contributed by atoms with Gasteiger partial charge in [0, 0.05) is 10.6 Å². The van der Waals surface area contributed by atoms with E-state index in [2.05, 4.69) is 0 Å². The number of nitrogens with zero attached hydrogens (tertiary/aromatic N) is 1. The average Bonchev–Trinajstić information content (AvgIpc) is 2.38. The largest absolute Gasteiger partial charge is 0.479 e. The number of nitriles is 1. The molecule has 0 unspecified atom stereocenters. The fourth-order valence-corrected chi connectivity index (χ4v) is 1.46. The summed E-state index contributed by atoms with van der Waals surface area (Å²) in [6, 6.07) is 5.78. The highest BCUT2D eigenvalue weighted by atomic mass is 35.5. The van der Waals surface area contributed by atoms with Crippen LogP contribution in [0.3, 0.4) is 0 Å². The lowest BCUT2D eigenvalue weighted by Crippen LogP contribution is -2.23. The molecule has 1 aromatic rings. The molecule has 0 amide bonds. The molecule has 104 valence electrons.